The van der Waals surface area contributed by atoms with Gasteiger partial charge in [-0.05, 0) is 83.9 Å². The van der Waals surface area contributed by atoms with E-state index < -0.39 is 0 Å². The number of hydrogen-bond donors (Lipinski definition) is 5. The summed E-state index contributed by atoms with van der Waals surface area (Å²) in [6.07, 6.45) is 4.72. The fraction of sp³-hybridized carbons (Fsp3) is 0.220. The average Bonchev–Trinajstić information content (AvgIpc) is 3.90. The van der Waals surface area contributed by atoms with Crippen LogP contribution in [0.5, 0.6) is 5.75 Å². The van der Waals surface area contributed by atoms with Crippen LogP contribution in [-0.2, 0) is 9.47 Å². The predicted octanol–water partition coefficient (Wildman–Crippen LogP) is 5.30. The highest BCUT2D eigenvalue weighted by Crippen LogP contribution is 2.24. The lowest BCUT2D eigenvalue weighted by atomic mass is 10.1. The third-order valence-electron chi connectivity index (χ3n) is 9.24. The van der Waals surface area contributed by atoms with E-state index in [1.165, 1.54) is 23.0 Å². The van der Waals surface area contributed by atoms with Crippen LogP contribution in [0.2, 0.25) is 0 Å². The van der Waals surface area contributed by atoms with Crippen LogP contribution in [0, 0.1) is 5.82 Å². The zero-order valence-electron chi connectivity index (χ0n) is 30.7. The molecule has 0 spiro atoms. The van der Waals surface area contributed by atoms with Crippen molar-refractivity contribution in [1.29, 1.82) is 0 Å². The second kappa shape index (κ2) is 17.8. The molecular weight excluding hydrogens is 718 g/mol. The number of halogens is 1. The number of rotatable bonds is 9. The van der Waals surface area contributed by atoms with Gasteiger partial charge in [0.25, 0.3) is 11.8 Å². The van der Waals surface area contributed by atoms with Crippen LogP contribution in [0.4, 0.5) is 21.6 Å². The lowest BCUT2D eigenvalue weighted by Gasteiger charge is -2.24. The molecule has 15 heteroatoms. The van der Waals surface area contributed by atoms with Crippen molar-refractivity contribution in [3.63, 3.8) is 0 Å². The fourth-order valence-corrected chi connectivity index (χ4v) is 6.16. The summed E-state index contributed by atoms with van der Waals surface area (Å²) in [5.41, 5.74) is 11.7. The number of carbonyl (C=O) groups excluding carboxylic acids is 2. The lowest BCUT2D eigenvalue weighted by Crippen LogP contribution is -2.33. The molecule has 2 aromatic heterocycles. The molecule has 4 aromatic carbocycles. The Balaban J connectivity index is 0.000000172. The summed E-state index contributed by atoms with van der Waals surface area (Å²) in [4.78, 5) is 25.1. The van der Waals surface area contributed by atoms with Crippen molar-refractivity contribution in [3.05, 3.63) is 144 Å². The van der Waals surface area contributed by atoms with Gasteiger partial charge in [0, 0.05) is 43.8 Å². The molecule has 0 aliphatic carbocycles. The molecule has 2 fully saturated rings. The van der Waals surface area contributed by atoms with Crippen LogP contribution in [0.3, 0.4) is 0 Å². The minimum atomic E-state index is -0.366. The Hall–Kier alpha value is -6.39. The number of nitrogens with two attached hydrogens (primary N) is 1. The number of carbonyl (C=O) groups is 2. The van der Waals surface area contributed by atoms with Gasteiger partial charge in [-0.15, -0.1) is 0 Å². The number of aromatic nitrogens is 4. The van der Waals surface area contributed by atoms with Crippen molar-refractivity contribution in [1.82, 2.24) is 30.2 Å². The van der Waals surface area contributed by atoms with E-state index in [9.17, 15) is 14.0 Å². The molecule has 2 aliphatic rings. The summed E-state index contributed by atoms with van der Waals surface area (Å²) in [5.74, 6) is 0.0247. The van der Waals surface area contributed by atoms with Crippen LogP contribution in [0.25, 0.3) is 11.4 Å². The first-order valence-electron chi connectivity index (χ1n) is 18.1. The number of amides is 2. The molecule has 0 radical (unpaired) electrons. The van der Waals surface area contributed by atoms with E-state index in [0.717, 1.165) is 54.4 Å². The third kappa shape index (κ3) is 9.27. The molecule has 288 valence electrons. The number of benzene rings is 4. The van der Waals surface area contributed by atoms with E-state index in [2.05, 4.69) is 31.5 Å². The van der Waals surface area contributed by atoms with Crippen molar-refractivity contribution in [3.8, 4) is 17.1 Å². The first kappa shape index (κ1) is 37.9. The molecule has 56 heavy (non-hydrogen) atoms. The highest BCUT2D eigenvalue weighted by atomic mass is 19.1. The standard InChI is InChI=1S/C21H22N4O3.C20H20FN5O2/c1-27-19-8-6-18(7-9-19)25-14-16(12-23-25)21(26)24-17-4-2-15(3-5-17)20-13-22-10-11-28-20;21-14-3-7-16(8-4-14)26-19(22)17(11-24-26)20(27)25-15-5-1-13(2-6-15)18-12-23-9-10-28-18/h2-9,12,14,20,22H,10-11,13H2,1H3,(H,24,26);1-8,11,18,23H,9-10,12,22H2,(H,25,27)/t20-;18-/m11/s1. The van der Waals surface area contributed by atoms with Crippen LogP contribution in [0.15, 0.2) is 116 Å². The summed E-state index contributed by atoms with van der Waals surface area (Å²) in [6.45, 7) is 4.70. The summed E-state index contributed by atoms with van der Waals surface area (Å²) >= 11 is 0. The monoisotopic (exact) mass is 759 g/mol. The number of ether oxygens (including phenoxy) is 3. The molecule has 2 aliphatic heterocycles. The zero-order valence-corrected chi connectivity index (χ0v) is 30.7. The minimum absolute atomic E-state index is 0.0167. The van der Waals surface area contributed by atoms with Gasteiger partial charge >= 0.3 is 0 Å². The van der Waals surface area contributed by atoms with Crippen LogP contribution in [-0.4, -0.2) is 77.9 Å². The molecule has 0 bridgehead atoms. The first-order valence-corrected chi connectivity index (χ1v) is 18.1. The lowest BCUT2D eigenvalue weighted by molar-refractivity contribution is 0.0276. The summed E-state index contributed by atoms with van der Waals surface area (Å²) < 4.78 is 32.8. The summed E-state index contributed by atoms with van der Waals surface area (Å²) in [7, 11) is 1.62. The maximum Gasteiger partial charge on any atom is 0.261 e. The molecule has 2 amide bonds. The smallest absolute Gasteiger partial charge is 0.261 e. The number of nitrogens with one attached hydrogen (secondary N) is 4. The Morgan fingerprint density at radius 3 is 1.84 bits per heavy atom. The Bertz CT molecular complexity index is 2210. The van der Waals surface area contributed by atoms with Gasteiger partial charge in [-0.25, -0.2) is 13.8 Å². The quantitative estimate of drug-likeness (QED) is 0.130. The van der Waals surface area contributed by atoms with Crippen LogP contribution >= 0.6 is 0 Å². The van der Waals surface area contributed by atoms with Gasteiger partial charge < -0.3 is 41.2 Å². The second-order valence-corrected chi connectivity index (χ2v) is 13.0. The number of methoxy groups -OCH3 is 1. The van der Waals surface area contributed by atoms with E-state index in [1.54, 1.807) is 36.3 Å². The van der Waals surface area contributed by atoms with E-state index in [1.807, 2.05) is 72.8 Å². The highest BCUT2D eigenvalue weighted by molar-refractivity contribution is 6.07. The number of morpholine rings is 2. The highest BCUT2D eigenvalue weighted by Gasteiger charge is 2.19. The molecule has 8 rings (SSSR count). The largest absolute Gasteiger partial charge is 0.497 e. The number of nitrogen functional groups attached to an aromatic ring is 1. The number of anilines is 3. The molecule has 2 saturated heterocycles. The summed E-state index contributed by atoms with van der Waals surface area (Å²) in [5, 5.41) is 20.7. The van der Waals surface area contributed by atoms with Gasteiger partial charge in [0.15, 0.2) is 0 Å². The average molecular weight is 760 g/mol. The molecule has 14 nitrogen and oxygen atoms in total. The number of hydrogen-bond acceptors (Lipinski definition) is 10. The topological polar surface area (TPSA) is 172 Å². The van der Waals surface area contributed by atoms with E-state index in [-0.39, 0.29) is 41.2 Å². The Morgan fingerprint density at radius 1 is 0.750 bits per heavy atom. The van der Waals surface area contributed by atoms with Gasteiger partial charge in [-0.2, -0.15) is 10.2 Å². The van der Waals surface area contributed by atoms with Crippen molar-refractivity contribution >= 4 is 29.0 Å². The Labute approximate surface area is 322 Å². The van der Waals surface area contributed by atoms with Crippen LogP contribution in [0.1, 0.15) is 44.1 Å². The third-order valence-corrected chi connectivity index (χ3v) is 9.24. The Morgan fingerprint density at radius 2 is 1.30 bits per heavy atom. The van der Waals surface area contributed by atoms with Crippen molar-refractivity contribution in [2.45, 2.75) is 12.2 Å². The second-order valence-electron chi connectivity index (χ2n) is 13.0. The molecule has 6 aromatic rings. The minimum Gasteiger partial charge on any atom is -0.497 e. The van der Waals surface area contributed by atoms with Crippen molar-refractivity contribution < 1.29 is 28.2 Å². The van der Waals surface area contributed by atoms with E-state index in [4.69, 9.17) is 19.9 Å². The summed E-state index contributed by atoms with van der Waals surface area (Å²) in [6, 6.07) is 28.4. The molecule has 2 atom stereocenters. The van der Waals surface area contributed by atoms with Crippen molar-refractivity contribution in [2.75, 3.05) is 62.9 Å². The normalized spacial score (nSPS) is 16.6. The zero-order chi connectivity index (χ0) is 38.9. The van der Waals surface area contributed by atoms with Gasteiger partial charge in [0.05, 0.1) is 61.9 Å². The van der Waals surface area contributed by atoms with E-state index >= 15 is 0 Å². The van der Waals surface area contributed by atoms with Gasteiger partial charge in [-0.1, -0.05) is 24.3 Å². The van der Waals surface area contributed by atoms with Gasteiger partial charge in [0.1, 0.15) is 22.9 Å². The SMILES string of the molecule is COc1ccc(-n2cc(C(=O)Nc3ccc([C@H]4CNCCO4)cc3)cn2)cc1.Nc1c(C(=O)Nc2ccc([C@H]3CNCCO3)cc2)cnn1-c1ccc(F)cc1. The van der Waals surface area contributed by atoms with E-state index in [0.29, 0.717) is 30.2 Å². The molecular formula is C41H42FN9O5. The molecule has 0 unspecified atom stereocenters. The number of nitrogens with zero attached hydrogens (tertiary/aromatic N) is 4. The molecule has 6 N–H and O–H groups in total. The maximum atomic E-state index is 13.1. The van der Waals surface area contributed by atoms with Gasteiger partial charge in [-0.3, -0.25) is 9.59 Å². The Kier molecular flexibility index (Phi) is 12.1. The predicted molar refractivity (Wildman–Crippen MR) is 210 cm³/mol. The van der Waals surface area contributed by atoms with Crippen LogP contribution < -0.4 is 31.7 Å². The molecule has 4 heterocycles. The first-order chi connectivity index (χ1) is 27.3. The van der Waals surface area contributed by atoms with Gasteiger partial charge in [0.2, 0.25) is 0 Å². The molecule has 0 saturated carbocycles. The fourth-order valence-electron chi connectivity index (χ4n) is 6.16. The van der Waals surface area contributed by atoms with Crippen molar-refractivity contribution in [2.24, 2.45) is 0 Å². The maximum absolute atomic E-state index is 13.1.